The zero-order valence-corrected chi connectivity index (χ0v) is 12.2. The van der Waals surface area contributed by atoms with Crippen molar-refractivity contribution in [3.8, 4) is 0 Å². The van der Waals surface area contributed by atoms with Gasteiger partial charge in [0.15, 0.2) is 0 Å². The molecule has 1 atom stereocenters. The van der Waals surface area contributed by atoms with Crippen molar-refractivity contribution < 1.29 is 4.74 Å². The third kappa shape index (κ3) is 2.92. The molecular weight excluding hydrogens is 268 g/mol. The number of rotatable bonds is 3. The number of hydrogen-bond donors (Lipinski definition) is 1. The zero-order chi connectivity index (χ0) is 14.7. The smallest absolute Gasteiger partial charge is 0.150 e. The molecule has 3 rings (SSSR count). The molecule has 21 heavy (non-hydrogen) atoms. The fraction of sp³-hybridized carbons (Fsp3) is 0.429. The molecule has 1 fully saturated rings. The second-order valence-electron chi connectivity index (χ2n) is 4.81. The molecule has 2 aromatic rings. The fourth-order valence-corrected chi connectivity index (χ4v) is 2.42. The van der Waals surface area contributed by atoms with E-state index in [2.05, 4.69) is 30.2 Å². The SMILES string of the molecule is CNc1nccnc1[C@H]1CN(c2ccnc(C)n2)CCO1. The lowest BCUT2D eigenvalue weighted by molar-refractivity contribution is 0.0370. The molecule has 0 bridgehead atoms. The Morgan fingerprint density at radius 3 is 2.90 bits per heavy atom. The van der Waals surface area contributed by atoms with Crippen LogP contribution in [0, 0.1) is 6.92 Å². The van der Waals surface area contributed by atoms with Gasteiger partial charge in [-0.25, -0.2) is 15.0 Å². The zero-order valence-electron chi connectivity index (χ0n) is 12.2. The third-order valence-electron chi connectivity index (χ3n) is 3.42. The van der Waals surface area contributed by atoms with E-state index in [1.54, 1.807) is 18.6 Å². The Morgan fingerprint density at radius 1 is 1.24 bits per heavy atom. The van der Waals surface area contributed by atoms with Crippen LogP contribution in [0.4, 0.5) is 11.6 Å². The second-order valence-corrected chi connectivity index (χ2v) is 4.81. The minimum atomic E-state index is -0.120. The summed E-state index contributed by atoms with van der Waals surface area (Å²) >= 11 is 0. The summed E-state index contributed by atoms with van der Waals surface area (Å²) in [6.45, 7) is 4.03. The Hall–Kier alpha value is -2.28. The van der Waals surface area contributed by atoms with Crippen LogP contribution in [0.5, 0.6) is 0 Å². The van der Waals surface area contributed by atoms with Crippen LogP contribution < -0.4 is 10.2 Å². The summed E-state index contributed by atoms with van der Waals surface area (Å²) in [6.07, 6.45) is 5.02. The lowest BCUT2D eigenvalue weighted by Gasteiger charge is -2.33. The van der Waals surface area contributed by atoms with Crippen LogP contribution in [-0.2, 0) is 4.74 Å². The largest absolute Gasteiger partial charge is 0.372 e. The molecule has 0 saturated carbocycles. The minimum absolute atomic E-state index is 0.120. The van der Waals surface area contributed by atoms with Crippen LogP contribution in [0.25, 0.3) is 0 Å². The third-order valence-corrected chi connectivity index (χ3v) is 3.42. The number of aryl methyl sites for hydroxylation is 1. The second kappa shape index (κ2) is 6.01. The standard InChI is InChI=1S/C14H18N6O/c1-10-16-4-3-12(19-10)20-7-8-21-11(9-20)13-14(15-2)18-6-5-17-13/h3-6,11H,7-9H2,1-2H3,(H,15,18)/t11-/m1/s1. The first-order chi connectivity index (χ1) is 10.3. The molecule has 1 N–H and O–H groups in total. The van der Waals surface area contributed by atoms with Crippen molar-refractivity contribution in [1.29, 1.82) is 0 Å². The molecular formula is C14H18N6O. The Labute approximate surface area is 123 Å². The average Bonchev–Trinajstić information content (AvgIpc) is 2.55. The number of nitrogens with zero attached hydrogens (tertiary/aromatic N) is 5. The van der Waals surface area contributed by atoms with E-state index in [9.17, 15) is 0 Å². The van der Waals surface area contributed by atoms with Crippen molar-refractivity contribution in [2.45, 2.75) is 13.0 Å². The molecule has 0 aromatic carbocycles. The molecule has 3 heterocycles. The Morgan fingerprint density at radius 2 is 2.10 bits per heavy atom. The molecule has 2 aromatic heterocycles. The van der Waals surface area contributed by atoms with Crippen molar-refractivity contribution in [2.75, 3.05) is 37.0 Å². The molecule has 7 nitrogen and oxygen atoms in total. The van der Waals surface area contributed by atoms with Crippen LogP contribution in [0.2, 0.25) is 0 Å². The monoisotopic (exact) mass is 286 g/mol. The first-order valence-corrected chi connectivity index (χ1v) is 6.93. The summed E-state index contributed by atoms with van der Waals surface area (Å²) in [5, 5.41) is 3.06. The normalized spacial score (nSPS) is 18.6. The van der Waals surface area contributed by atoms with E-state index in [4.69, 9.17) is 4.74 Å². The van der Waals surface area contributed by atoms with E-state index in [-0.39, 0.29) is 6.10 Å². The highest BCUT2D eigenvalue weighted by molar-refractivity contribution is 5.43. The molecule has 7 heteroatoms. The predicted octanol–water partition coefficient (Wildman–Crippen LogP) is 1.19. The summed E-state index contributed by atoms with van der Waals surface area (Å²) in [5.74, 6) is 2.44. The highest BCUT2D eigenvalue weighted by Gasteiger charge is 2.26. The fourth-order valence-electron chi connectivity index (χ4n) is 2.42. The van der Waals surface area contributed by atoms with Crippen molar-refractivity contribution in [3.63, 3.8) is 0 Å². The topological polar surface area (TPSA) is 76.1 Å². The Bertz CT molecular complexity index is 620. The van der Waals surface area contributed by atoms with Gasteiger partial charge in [-0.3, -0.25) is 4.98 Å². The molecule has 0 spiro atoms. The van der Waals surface area contributed by atoms with Gasteiger partial charge in [0.05, 0.1) is 13.2 Å². The highest BCUT2D eigenvalue weighted by atomic mass is 16.5. The molecule has 1 aliphatic rings. The van der Waals surface area contributed by atoms with E-state index in [1.807, 2.05) is 20.0 Å². The van der Waals surface area contributed by atoms with Gasteiger partial charge in [0.2, 0.25) is 0 Å². The summed E-state index contributed by atoms with van der Waals surface area (Å²) < 4.78 is 5.86. The molecule has 1 aliphatic heterocycles. The van der Waals surface area contributed by atoms with E-state index in [0.717, 1.165) is 29.7 Å². The van der Waals surface area contributed by atoms with Crippen molar-refractivity contribution >= 4 is 11.6 Å². The number of nitrogens with one attached hydrogen (secondary N) is 1. The summed E-state index contributed by atoms with van der Waals surface area (Å²) in [5.41, 5.74) is 0.829. The lowest BCUT2D eigenvalue weighted by Crippen LogP contribution is -2.39. The first kappa shape index (κ1) is 13.7. The van der Waals surface area contributed by atoms with Gasteiger partial charge in [-0.15, -0.1) is 0 Å². The van der Waals surface area contributed by atoms with Crippen LogP contribution in [0.1, 0.15) is 17.6 Å². The number of hydrogen-bond acceptors (Lipinski definition) is 7. The number of aromatic nitrogens is 4. The molecule has 0 amide bonds. The van der Waals surface area contributed by atoms with Gasteiger partial charge in [-0.1, -0.05) is 0 Å². The number of morpholine rings is 1. The van der Waals surface area contributed by atoms with Gasteiger partial charge in [0.1, 0.15) is 29.3 Å². The van der Waals surface area contributed by atoms with Crippen LogP contribution in [0.3, 0.4) is 0 Å². The number of ether oxygens (including phenoxy) is 1. The highest BCUT2D eigenvalue weighted by Crippen LogP contribution is 2.26. The van der Waals surface area contributed by atoms with E-state index < -0.39 is 0 Å². The van der Waals surface area contributed by atoms with Gasteiger partial charge < -0.3 is 15.0 Å². The maximum Gasteiger partial charge on any atom is 0.150 e. The lowest BCUT2D eigenvalue weighted by atomic mass is 10.2. The molecule has 110 valence electrons. The number of anilines is 2. The van der Waals surface area contributed by atoms with E-state index in [0.29, 0.717) is 13.2 Å². The predicted molar refractivity (Wildman–Crippen MR) is 79.3 cm³/mol. The summed E-state index contributed by atoms with van der Waals surface area (Å²) in [6, 6.07) is 1.92. The van der Waals surface area contributed by atoms with Crippen LogP contribution >= 0.6 is 0 Å². The molecule has 0 radical (unpaired) electrons. The van der Waals surface area contributed by atoms with Gasteiger partial charge in [-0.05, 0) is 13.0 Å². The van der Waals surface area contributed by atoms with E-state index in [1.165, 1.54) is 0 Å². The van der Waals surface area contributed by atoms with E-state index >= 15 is 0 Å². The molecule has 1 saturated heterocycles. The van der Waals surface area contributed by atoms with Crippen LogP contribution in [0.15, 0.2) is 24.7 Å². The minimum Gasteiger partial charge on any atom is -0.372 e. The maximum atomic E-state index is 5.86. The summed E-state index contributed by atoms with van der Waals surface area (Å²) in [7, 11) is 1.84. The average molecular weight is 286 g/mol. The summed E-state index contributed by atoms with van der Waals surface area (Å²) in [4.78, 5) is 19.5. The van der Waals surface area contributed by atoms with Gasteiger partial charge in [-0.2, -0.15) is 0 Å². The van der Waals surface area contributed by atoms with Crippen molar-refractivity contribution in [2.24, 2.45) is 0 Å². The maximum absolute atomic E-state index is 5.86. The Balaban J connectivity index is 1.83. The quantitative estimate of drug-likeness (QED) is 0.908. The van der Waals surface area contributed by atoms with Gasteiger partial charge >= 0.3 is 0 Å². The van der Waals surface area contributed by atoms with Crippen molar-refractivity contribution in [1.82, 2.24) is 19.9 Å². The van der Waals surface area contributed by atoms with Crippen molar-refractivity contribution in [3.05, 3.63) is 36.2 Å². The van der Waals surface area contributed by atoms with Crippen LogP contribution in [-0.4, -0.2) is 46.7 Å². The first-order valence-electron chi connectivity index (χ1n) is 6.93. The van der Waals surface area contributed by atoms with Gasteiger partial charge in [0, 0.05) is 32.2 Å². The molecule has 0 aliphatic carbocycles. The molecule has 0 unspecified atom stereocenters. The van der Waals surface area contributed by atoms with Gasteiger partial charge in [0.25, 0.3) is 0 Å². The Kier molecular flexibility index (Phi) is 3.92.